The average molecular weight is 194 g/mol. The maximum atomic E-state index is 11.3. The quantitative estimate of drug-likeness (QED) is 0.678. The molecule has 1 heterocycles. The maximum absolute atomic E-state index is 11.3. The van der Waals surface area contributed by atoms with Crippen molar-refractivity contribution < 1.29 is 13.3 Å². The van der Waals surface area contributed by atoms with E-state index in [9.17, 15) is 8.42 Å². The fourth-order valence-electron chi connectivity index (χ4n) is 0.917. The summed E-state index contributed by atoms with van der Waals surface area (Å²) in [6, 6.07) is 0. The molecule has 1 N–H and O–H groups in total. The van der Waals surface area contributed by atoms with Crippen molar-refractivity contribution in [2.75, 3.05) is 19.7 Å². The Kier molecular flexibility index (Phi) is 3.45. The van der Waals surface area contributed by atoms with Gasteiger partial charge in [0.15, 0.2) is 0 Å². The van der Waals surface area contributed by atoms with Crippen LogP contribution in [0.3, 0.4) is 0 Å². The summed E-state index contributed by atoms with van der Waals surface area (Å²) in [6.45, 7) is 3.32. The largest absolute Gasteiger partial charge is 0.301 e. The van der Waals surface area contributed by atoms with Crippen LogP contribution < -0.4 is 4.72 Å². The average Bonchev–Trinajstić information content (AvgIpc) is 2.53. The fraction of sp³-hybridized carbons (Fsp3) is 1.00. The number of nitrogens with zero attached hydrogens (tertiary/aromatic N) is 1. The summed E-state index contributed by atoms with van der Waals surface area (Å²) in [5.41, 5.74) is 0. The van der Waals surface area contributed by atoms with Crippen LogP contribution in [0.4, 0.5) is 0 Å². The highest BCUT2D eigenvalue weighted by atomic mass is 32.2. The van der Waals surface area contributed by atoms with Gasteiger partial charge >= 0.3 is 10.2 Å². The standard InChI is InChI=1S/C6H14N2O3S/c1-2-4-7-12(9,10)8-5-3-6-11-8/h7H,2-6H2,1H3. The molecule has 0 atom stereocenters. The minimum atomic E-state index is -3.36. The molecule has 0 spiro atoms. The molecule has 0 amide bonds. The Bertz CT molecular complexity index is 221. The van der Waals surface area contributed by atoms with E-state index in [-0.39, 0.29) is 0 Å². The van der Waals surface area contributed by atoms with Crippen molar-refractivity contribution in [3.05, 3.63) is 0 Å². The SMILES string of the molecule is CCCNS(=O)(=O)N1CCCO1. The first-order valence-corrected chi connectivity index (χ1v) is 5.51. The lowest BCUT2D eigenvalue weighted by atomic mass is 10.5. The second-order valence-corrected chi connectivity index (χ2v) is 4.26. The third-order valence-electron chi connectivity index (χ3n) is 1.52. The van der Waals surface area contributed by atoms with E-state index in [0.717, 1.165) is 17.3 Å². The van der Waals surface area contributed by atoms with Gasteiger partial charge in [-0.1, -0.05) is 11.4 Å². The smallest absolute Gasteiger partial charge is 0.283 e. The van der Waals surface area contributed by atoms with Crippen LogP contribution in [0.2, 0.25) is 0 Å². The summed E-state index contributed by atoms with van der Waals surface area (Å²) < 4.78 is 26.0. The van der Waals surface area contributed by atoms with Gasteiger partial charge in [0.25, 0.3) is 0 Å². The zero-order chi connectivity index (χ0) is 9.03. The molecule has 0 aromatic rings. The molecule has 0 bridgehead atoms. The first-order chi connectivity index (χ1) is 5.67. The molecule has 1 aliphatic rings. The zero-order valence-electron chi connectivity index (χ0n) is 7.12. The van der Waals surface area contributed by atoms with Gasteiger partial charge in [-0.15, -0.1) is 0 Å². The lowest BCUT2D eigenvalue weighted by Gasteiger charge is -2.13. The Hall–Kier alpha value is -0.170. The first-order valence-electron chi connectivity index (χ1n) is 4.07. The Morgan fingerprint density at radius 3 is 2.83 bits per heavy atom. The van der Waals surface area contributed by atoms with Gasteiger partial charge in [-0.25, -0.2) is 4.72 Å². The monoisotopic (exact) mass is 194 g/mol. The van der Waals surface area contributed by atoms with E-state index in [1.165, 1.54) is 0 Å². The van der Waals surface area contributed by atoms with Crippen molar-refractivity contribution in [2.45, 2.75) is 19.8 Å². The molecule has 12 heavy (non-hydrogen) atoms. The molecule has 1 saturated heterocycles. The van der Waals surface area contributed by atoms with Gasteiger partial charge in [-0.05, 0) is 12.8 Å². The van der Waals surface area contributed by atoms with Crippen LogP contribution in [0, 0.1) is 0 Å². The van der Waals surface area contributed by atoms with Gasteiger partial charge < -0.3 is 0 Å². The van der Waals surface area contributed by atoms with Crippen LogP contribution in [0.15, 0.2) is 0 Å². The van der Waals surface area contributed by atoms with E-state index < -0.39 is 10.2 Å². The van der Waals surface area contributed by atoms with Gasteiger partial charge in [0.1, 0.15) is 0 Å². The highest BCUT2D eigenvalue weighted by molar-refractivity contribution is 7.87. The molecule has 1 fully saturated rings. The van der Waals surface area contributed by atoms with Crippen LogP contribution in [0.1, 0.15) is 19.8 Å². The molecule has 0 aromatic carbocycles. The van der Waals surface area contributed by atoms with Crippen LogP contribution in [-0.4, -0.2) is 32.6 Å². The summed E-state index contributed by atoms with van der Waals surface area (Å²) in [7, 11) is -3.36. The van der Waals surface area contributed by atoms with Crippen molar-refractivity contribution in [3.63, 3.8) is 0 Å². The lowest BCUT2D eigenvalue weighted by molar-refractivity contribution is -0.0296. The Morgan fingerprint density at radius 2 is 2.33 bits per heavy atom. The maximum Gasteiger partial charge on any atom is 0.301 e. The van der Waals surface area contributed by atoms with Crippen LogP contribution in [0.25, 0.3) is 0 Å². The molecule has 0 saturated carbocycles. The Balaban J connectivity index is 2.46. The predicted octanol–water partition coefficient (Wildman–Crippen LogP) is -0.132. The van der Waals surface area contributed by atoms with Crippen molar-refractivity contribution >= 4 is 10.2 Å². The third-order valence-corrected chi connectivity index (χ3v) is 2.92. The highest BCUT2D eigenvalue weighted by Crippen LogP contribution is 2.08. The number of hydrogen-bond donors (Lipinski definition) is 1. The van der Waals surface area contributed by atoms with Crippen molar-refractivity contribution in [1.82, 2.24) is 9.19 Å². The summed E-state index contributed by atoms with van der Waals surface area (Å²) in [4.78, 5) is 4.90. The van der Waals surface area contributed by atoms with Crippen molar-refractivity contribution in [1.29, 1.82) is 0 Å². The number of hydroxylamine groups is 1. The van der Waals surface area contributed by atoms with Crippen molar-refractivity contribution in [2.24, 2.45) is 0 Å². The molecule has 72 valence electrons. The molecule has 0 radical (unpaired) electrons. The van der Waals surface area contributed by atoms with Crippen LogP contribution >= 0.6 is 0 Å². The van der Waals surface area contributed by atoms with Gasteiger partial charge in [-0.3, -0.25) is 4.84 Å². The van der Waals surface area contributed by atoms with Gasteiger partial charge in [0, 0.05) is 13.1 Å². The highest BCUT2D eigenvalue weighted by Gasteiger charge is 2.25. The van der Waals surface area contributed by atoms with E-state index in [1.807, 2.05) is 6.92 Å². The molecule has 1 aliphatic heterocycles. The minimum absolute atomic E-state index is 0.457. The van der Waals surface area contributed by atoms with E-state index in [0.29, 0.717) is 19.7 Å². The number of nitrogens with one attached hydrogen (secondary N) is 1. The van der Waals surface area contributed by atoms with Gasteiger partial charge in [0.2, 0.25) is 0 Å². The zero-order valence-corrected chi connectivity index (χ0v) is 7.93. The summed E-state index contributed by atoms with van der Waals surface area (Å²) in [5, 5.41) is 0. The molecular formula is C6H14N2O3S. The molecule has 6 heteroatoms. The van der Waals surface area contributed by atoms with E-state index in [1.54, 1.807) is 0 Å². The fourth-order valence-corrected chi connectivity index (χ4v) is 2.11. The Morgan fingerprint density at radius 1 is 1.58 bits per heavy atom. The van der Waals surface area contributed by atoms with E-state index in [4.69, 9.17) is 4.84 Å². The number of rotatable bonds is 4. The third kappa shape index (κ3) is 2.41. The van der Waals surface area contributed by atoms with Crippen LogP contribution in [0.5, 0.6) is 0 Å². The van der Waals surface area contributed by atoms with Crippen LogP contribution in [-0.2, 0) is 15.0 Å². The molecule has 1 rings (SSSR count). The molecule has 0 aliphatic carbocycles. The summed E-state index contributed by atoms with van der Waals surface area (Å²) >= 11 is 0. The minimum Gasteiger partial charge on any atom is -0.283 e. The second-order valence-electron chi connectivity index (χ2n) is 2.61. The number of hydrogen-bond acceptors (Lipinski definition) is 3. The lowest BCUT2D eigenvalue weighted by Crippen LogP contribution is -2.38. The topological polar surface area (TPSA) is 58.6 Å². The van der Waals surface area contributed by atoms with Gasteiger partial charge in [0.05, 0.1) is 6.61 Å². The van der Waals surface area contributed by atoms with Crippen molar-refractivity contribution in [3.8, 4) is 0 Å². The normalized spacial score (nSPS) is 20.1. The molecule has 0 unspecified atom stereocenters. The Labute approximate surface area is 72.8 Å². The molecule has 0 aromatic heterocycles. The van der Waals surface area contributed by atoms with Gasteiger partial charge in [-0.2, -0.15) is 8.42 Å². The first kappa shape index (κ1) is 9.91. The van der Waals surface area contributed by atoms with E-state index in [2.05, 4.69) is 4.72 Å². The molecular weight excluding hydrogens is 180 g/mol. The predicted molar refractivity (Wildman–Crippen MR) is 44.5 cm³/mol. The van der Waals surface area contributed by atoms with E-state index >= 15 is 0 Å². The summed E-state index contributed by atoms with van der Waals surface area (Å²) in [6.07, 6.45) is 1.56. The summed E-state index contributed by atoms with van der Waals surface area (Å²) in [5.74, 6) is 0. The molecule has 5 nitrogen and oxygen atoms in total. The second kappa shape index (κ2) is 4.18.